The Labute approximate surface area is 163 Å². The molecule has 0 spiro atoms. The lowest BCUT2D eigenvalue weighted by Crippen LogP contribution is -2.37. The van der Waals surface area contributed by atoms with Crippen molar-refractivity contribution in [2.75, 3.05) is 13.2 Å². The van der Waals surface area contributed by atoms with Crippen LogP contribution in [-0.2, 0) is 14.3 Å². The van der Waals surface area contributed by atoms with Gasteiger partial charge in [0.1, 0.15) is 5.75 Å². The minimum absolute atomic E-state index is 0.120. The first-order chi connectivity index (χ1) is 13.0. The molecule has 27 heavy (non-hydrogen) atoms. The Morgan fingerprint density at radius 3 is 2.52 bits per heavy atom. The van der Waals surface area contributed by atoms with Gasteiger partial charge in [-0.3, -0.25) is 4.79 Å². The Kier molecular flexibility index (Phi) is 6.35. The maximum absolute atomic E-state index is 11.8. The molecule has 0 aliphatic heterocycles. The van der Waals surface area contributed by atoms with Crippen molar-refractivity contribution in [2.24, 2.45) is 5.92 Å². The van der Waals surface area contributed by atoms with Gasteiger partial charge < -0.3 is 14.8 Å². The monoisotopic (exact) mass is 387 g/mol. The highest BCUT2D eigenvalue weighted by Crippen LogP contribution is 2.32. The fourth-order valence-electron chi connectivity index (χ4n) is 2.76. The number of hydrogen-bond acceptors (Lipinski definition) is 4. The number of esters is 1. The Morgan fingerprint density at radius 1 is 1.11 bits per heavy atom. The van der Waals surface area contributed by atoms with Gasteiger partial charge in [0.05, 0.1) is 5.02 Å². The van der Waals surface area contributed by atoms with Crippen LogP contribution in [0, 0.1) is 5.92 Å². The molecule has 1 fully saturated rings. The molecule has 3 rings (SSSR count). The van der Waals surface area contributed by atoms with E-state index < -0.39 is 5.97 Å². The second-order valence-electron chi connectivity index (χ2n) is 6.65. The Balaban J connectivity index is 1.45. The van der Waals surface area contributed by atoms with E-state index in [4.69, 9.17) is 21.1 Å². The van der Waals surface area contributed by atoms with Crippen LogP contribution in [0.3, 0.4) is 0 Å². The predicted octanol–water partition coefficient (Wildman–Crippen LogP) is 3.84. The second kappa shape index (κ2) is 8.91. The summed E-state index contributed by atoms with van der Waals surface area (Å²) in [6, 6.07) is 15.3. The zero-order valence-electron chi connectivity index (χ0n) is 15.1. The van der Waals surface area contributed by atoms with Gasteiger partial charge in [0.15, 0.2) is 13.2 Å². The van der Waals surface area contributed by atoms with E-state index >= 15 is 0 Å². The topological polar surface area (TPSA) is 64.6 Å². The average Bonchev–Trinajstić information content (AvgIpc) is 3.51. The molecule has 6 heteroatoms. The van der Waals surface area contributed by atoms with E-state index in [1.807, 2.05) is 43.3 Å². The first-order valence-electron chi connectivity index (χ1n) is 8.95. The van der Waals surface area contributed by atoms with Crippen LogP contribution in [0.2, 0.25) is 5.02 Å². The average molecular weight is 388 g/mol. The van der Waals surface area contributed by atoms with Gasteiger partial charge >= 0.3 is 5.97 Å². The highest BCUT2D eigenvalue weighted by atomic mass is 35.5. The Bertz CT molecular complexity index is 805. The van der Waals surface area contributed by atoms with E-state index in [-0.39, 0.29) is 25.2 Å². The quantitative estimate of drug-likeness (QED) is 0.699. The van der Waals surface area contributed by atoms with Crippen molar-refractivity contribution in [3.05, 3.63) is 53.6 Å². The molecule has 0 aromatic heterocycles. The molecule has 1 aliphatic rings. The maximum atomic E-state index is 11.8. The first kappa shape index (κ1) is 19.2. The van der Waals surface area contributed by atoms with Crippen LogP contribution in [-0.4, -0.2) is 31.1 Å². The highest BCUT2D eigenvalue weighted by Gasteiger charge is 2.28. The van der Waals surface area contributed by atoms with Gasteiger partial charge in [0.25, 0.3) is 5.91 Å². The molecule has 0 unspecified atom stereocenters. The van der Waals surface area contributed by atoms with Crippen LogP contribution in [0.4, 0.5) is 0 Å². The van der Waals surface area contributed by atoms with Crippen LogP contribution in [0.15, 0.2) is 48.5 Å². The van der Waals surface area contributed by atoms with Crippen molar-refractivity contribution in [3.63, 3.8) is 0 Å². The molecule has 2 aromatic carbocycles. The first-order valence-corrected chi connectivity index (χ1v) is 9.33. The Hall–Kier alpha value is -2.53. The van der Waals surface area contributed by atoms with E-state index in [1.54, 1.807) is 12.1 Å². The third-order valence-electron chi connectivity index (χ3n) is 4.47. The molecule has 0 radical (unpaired) electrons. The molecular formula is C21H22ClNO4. The summed E-state index contributed by atoms with van der Waals surface area (Å²) in [6.45, 7) is 1.34. The summed E-state index contributed by atoms with van der Waals surface area (Å²) in [5, 5.41) is 3.23. The number of carbonyl (C=O) groups is 2. The number of halogens is 1. The molecule has 5 nitrogen and oxygen atoms in total. The summed E-state index contributed by atoms with van der Waals surface area (Å²) >= 11 is 6.24. The fourth-order valence-corrected chi connectivity index (χ4v) is 3.00. The molecule has 142 valence electrons. The lowest BCUT2D eigenvalue weighted by atomic mass is 10.1. The zero-order valence-corrected chi connectivity index (χ0v) is 15.9. The van der Waals surface area contributed by atoms with Crippen LogP contribution >= 0.6 is 11.6 Å². The summed E-state index contributed by atoms with van der Waals surface area (Å²) in [6.07, 6.45) is 2.28. The van der Waals surface area contributed by atoms with Crippen molar-refractivity contribution in [3.8, 4) is 16.9 Å². The van der Waals surface area contributed by atoms with Gasteiger partial charge in [-0.2, -0.15) is 0 Å². The highest BCUT2D eigenvalue weighted by molar-refractivity contribution is 6.32. The van der Waals surface area contributed by atoms with E-state index in [0.717, 1.165) is 24.0 Å². The molecule has 0 heterocycles. The molecule has 2 aromatic rings. The van der Waals surface area contributed by atoms with Gasteiger partial charge in [-0.15, -0.1) is 0 Å². The number of rotatable bonds is 8. The number of nitrogens with one attached hydrogen (secondary N) is 1. The molecule has 0 bridgehead atoms. The molecule has 0 saturated heterocycles. The Morgan fingerprint density at radius 2 is 1.85 bits per heavy atom. The van der Waals surface area contributed by atoms with Gasteiger partial charge in [-0.25, -0.2) is 4.79 Å². The summed E-state index contributed by atoms with van der Waals surface area (Å²) < 4.78 is 10.4. The third kappa shape index (κ3) is 5.73. The molecule has 1 saturated carbocycles. The maximum Gasteiger partial charge on any atom is 0.344 e. The van der Waals surface area contributed by atoms with Crippen LogP contribution in [0.5, 0.6) is 5.75 Å². The van der Waals surface area contributed by atoms with Crippen LogP contribution < -0.4 is 10.1 Å². The number of ether oxygens (including phenoxy) is 2. The minimum Gasteiger partial charge on any atom is -0.480 e. The number of benzene rings is 2. The van der Waals surface area contributed by atoms with Gasteiger partial charge in [-0.1, -0.05) is 48.0 Å². The SMILES string of the molecule is C[C@H](NC(=O)COC(=O)COc1ccc(-c2ccccc2)cc1Cl)C1CC1. The molecule has 1 N–H and O–H groups in total. The van der Waals surface area contributed by atoms with Gasteiger partial charge in [0, 0.05) is 6.04 Å². The largest absolute Gasteiger partial charge is 0.480 e. The molecule has 1 amide bonds. The van der Waals surface area contributed by atoms with Crippen molar-refractivity contribution >= 4 is 23.5 Å². The summed E-state index contributed by atoms with van der Waals surface area (Å²) in [5.74, 6) is 0.0227. The lowest BCUT2D eigenvalue weighted by molar-refractivity contribution is -0.150. The molecule has 1 aliphatic carbocycles. The lowest BCUT2D eigenvalue weighted by Gasteiger charge is -2.13. The number of carbonyl (C=O) groups excluding carboxylic acids is 2. The number of amides is 1. The minimum atomic E-state index is -0.618. The van der Waals surface area contributed by atoms with E-state index in [1.165, 1.54) is 0 Å². The summed E-state index contributed by atoms with van der Waals surface area (Å²) in [4.78, 5) is 23.5. The normalized spacial score (nSPS) is 14.3. The summed E-state index contributed by atoms with van der Waals surface area (Å²) in [7, 11) is 0. The molecular weight excluding hydrogens is 366 g/mol. The van der Waals surface area contributed by atoms with Gasteiger partial charge in [0.2, 0.25) is 0 Å². The van der Waals surface area contributed by atoms with Crippen molar-refractivity contribution in [1.29, 1.82) is 0 Å². The van der Waals surface area contributed by atoms with E-state index in [9.17, 15) is 9.59 Å². The van der Waals surface area contributed by atoms with Crippen LogP contribution in [0.1, 0.15) is 19.8 Å². The van der Waals surface area contributed by atoms with Crippen molar-refractivity contribution < 1.29 is 19.1 Å². The smallest absolute Gasteiger partial charge is 0.344 e. The second-order valence-corrected chi connectivity index (χ2v) is 7.06. The van der Waals surface area contributed by atoms with Crippen molar-refractivity contribution in [2.45, 2.75) is 25.8 Å². The van der Waals surface area contributed by atoms with E-state index in [0.29, 0.717) is 16.7 Å². The van der Waals surface area contributed by atoms with Gasteiger partial charge in [-0.05, 0) is 48.9 Å². The van der Waals surface area contributed by atoms with Crippen molar-refractivity contribution in [1.82, 2.24) is 5.32 Å². The standard InChI is InChI=1S/C21H22ClNO4/c1-14(15-7-8-15)23-20(24)12-27-21(25)13-26-19-10-9-17(11-18(19)22)16-5-3-2-4-6-16/h2-6,9-11,14-15H,7-8,12-13H2,1H3,(H,23,24)/t14-/m0/s1. The number of hydrogen-bond donors (Lipinski definition) is 1. The summed E-state index contributed by atoms with van der Waals surface area (Å²) in [5.41, 5.74) is 1.99. The van der Waals surface area contributed by atoms with Crippen LogP contribution in [0.25, 0.3) is 11.1 Å². The zero-order chi connectivity index (χ0) is 19.2. The molecule has 1 atom stereocenters. The van der Waals surface area contributed by atoms with E-state index in [2.05, 4.69) is 5.32 Å². The third-order valence-corrected chi connectivity index (χ3v) is 4.76. The fraction of sp³-hybridized carbons (Fsp3) is 0.333. The predicted molar refractivity (Wildman–Crippen MR) is 104 cm³/mol.